The zero-order chi connectivity index (χ0) is 15.4. The topological polar surface area (TPSA) is 60.2 Å². The Balaban J connectivity index is 1.61. The Hall–Kier alpha value is -1.24. The Labute approximate surface area is 135 Å². The van der Waals surface area contributed by atoms with Crippen molar-refractivity contribution >= 4 is 23.7 Å². The molecule has 1 aliphatic carbocycles. The number of hydrogen-bond acceptors (Lipinski definition) is 6. The van der Waals surface area contributed by atoms with Gasteiger partial charge in [0, 0.05) is 31.3 Å². The molecule has 0 atom stereocenters. The van der Waals surface area contributed by atoms with Gasteiger partial charge in [-0.05, 0) is 38.5 Å². The summed E-state index contributed by atoms with van der Waals surface area (Å²) in [4.78, 5) is 13.5. The van der Waals surface area contributed by atoms with E-state index in [4.69, 9.17) is 0 Å². The van der Waals surface area contributed by atoms with Crippen molar-refractivity contribution in [3.05, 3.63) is 0 Å². The molecule has 0 spiro atoms. The quantitative estimate of drug-likeness (QED) is 0.436. The molecule has 1 aromatic heterocycles. The van der Waals surface area contributed by atoms with Crippen LogP contribution in [0.15, 0.2) is 5.16 Å². The number of methoxy groups -OCH3 is 1. The second-order valence-electron chi connectivity index (χ2n) is 5.96. The van der Waals surface area contributed by atoms with Crippen molar-refractivity contribution in [2.24, 2.45) is 0 Å². The third-order valence-corrected chi connectivity index (χ3v) is 5.21. The number of rotatable bonds is 7. The van der Waals surface area contributed by atoms with Gasteiger partial charge in [-0.1, -0.05) is 11.8 Å². The molecule has 1 aromatic rings. The number of esters is 1. The highest BCUT2D eigenvalue weighted by atomic mass is 32.2. The fourth-order valence-electron chi connectivity index (χ4n) is 2.81. The largest absolute Gasteiger partial charge is 0.469 e. The molecule has 22 heavy (non-hydrogen) atoms. The number of aromatic nitrogens is 3. The fraction of sp³-hybridized carbons (Fsp3) is 0.800. The molecule has 0 unspecified atom stereocenters. The van der Waals surface area contributed by atoms with E-state index in [-0.39, 0.29) is 5.97 Å². The van der Waals surface area contributed by atoms with Gasteiger partial charge in [0.2, 0.25) is 5.95 Å². The Kier molecular flexibility index (Phi) is 5.23. The summed E-state index contributed by atoms with van der Waals surface area (Å²) in [5, 5.41) is 9.87. The molecule has 122 valence electrons. The number of anilines is 1. The Morgan fingerprint density at radius 2 is 2.05 bits per heavy atom. The van der Waals surface area contributed by atoms with Crippen LogP contribution >= 0.6 is 11.8 Å². The third kappa shape index (κ3) is 3.74. The predicted molar refractivity (Wildman–Crippen MR) is 86.3 cm³/mol. The van der Waals surface area contributed by atoms with Crippen molar-refractivity contribution in [1.29, 1.82) is 0 Å². The van der Waals surface area contributed by atoms with Crippen LogP contribution < -0.4 is 4.90 Å². The highest BCUT2D eigenvalue weighted by molar-refractivity contribution is 7.99. The zero-order valence-electron chi connectivity index (χ0n) is 13.2. The molecular formula is C15H24N4O2S. The minimum Gasteiger partial charge on any atom is -0.469 e. The van der Waals surface area contributed by atoms with Crippen molar-refractivity contribution in [2.75, 3.05) is 30.9 Å². The van der Waals surface area contributed by atoms with E-state index in [1.165, 1.54) is 39.2 Å². The molecule has 1 saturated carbocycles. The molecule has 1 saturated heterocycles. The van der Waals surface area contributed by atoms with Gasteiger partial charge in [-0.25, -0.2) is 0 Å². The summed E-state index contributed by atoms with van der Waals surface area (Å²) in [5.74, 6) is 1.79. The first kappa shape index (κ1) is 15.6. The zero-order valence-corrected chi connectivity index (χ0v) is 14.0. The lowest BCUT2D eigenvalue weighted by molar-refractivity contribution is -0.140. The summed E-state index contributed by atoms with van der Waals surface area (Å²) in [5.41, 5.74) is 0. The normalized spacial score (nSPS) is 18.5. The summed E-state index contributed by atoms with van der Waals surface area (Å²) in [6.07, 6.45) is 7.57. The number of thioether (sulfide) groups is 1. The van der Waals surface area contributed by atoms with Crippen LogP contribution in [0.5, 0.6) is 0 Å². The molecule has 0 bridgehead atoms. The highest BCUT2D eigenvalue weighted by Crippen LogP contribution is 2.41. The Morgan fingerprint density at radius 3 is 2.73 bits per heavy atom. The van der Waals surface area contributed by atoms with E-state index in [0.29, 0.717) is 12.5 Å². The SMILES string of the molecule is COC(=O)CCCSc1nnc(N2CCCCC2)n1C1CC1. The van der Waals surface area contributed by atoms with E-state index in [0.717, 1.165) is 36.4 Å². The average molecular weight is 324 g/mol. The highest BCUT2D eigenvalue weighted by Gasteiger charge is 2.31. The number of nitrogens with zero attached hydrogens (tertiary/aromatic N) is 4. The smallest absolute Gasteiger partial charge is 0.305 e. The first-order chi connectivity index (χ1) is 10.8. The molecule has 2 heterocycles. The van der Waals surface area contributed by atoms with Gasteiger partial charge < -0.3 is 9.64 Å². The van der Waals surface area contributed by atoms with Crippen LogP contribution in [0, 0.1) is 0 Å². The van der Waals surface area contributed by atoms with Crippen LogP contribution in [0.1, 0.15) is 51.0 Å². The summed E-state index contributed by atoms with van der Waals surface area (Å²) in [6, 6.07) is 0.579. The van der Waals surface area contributed by atoms with E-state index in [2.05, 4.69) is 24.4 Å². The molecule has 3 rings (SSSR count). The van der Waals surface area contributed by atoms with E-state index >= 15 is 0 Å². The summed E-state index contributed by atoms with van der Waals surface area (Å²) >= 11 is 1.71. The lowest BCUT2D eigenvalue weighted by atomic mass is 10.1. The first-order valence-electron chi connectivity index (χ1n) is 8.19. The molecule has 2 fully saturated rings. The second kappa shape index (κ2) is 7.35. The molecule has 0 amide bonds. The molecule has 0 N–H and O–H groups in total. The Morgan fingerprint density at radius 1 is 1.27 bits per heavy atom. The van der Waals surface area contributed by atoms with Gasteiger partial charge in [-0.3, -0.25) is 9.36 Å². The lowest BCUT2D eigenvalue weighted by Crippen LogP contribution is -2.31. The van der Waals surface area contributed by atoms with E-state index in [1.54, 1.807) is 11.8 Å². The monoisotopic (exact) mass is 324 g/mol. The van der Waals surface area contributed by atoms with Crippen molar-refractivity contribution < 1.29 is 9.53 Å². The third-order valence-electron chi connectivity index (χ3n) is 4.18. The average Bonchev–Trinajstić information content (AvgIpc) is 3.32. The van der Waals surface area contributed by atoms with Gasteiger partial charge in [-0.2, -0.15) is 0 Å². The number of hydrogen-bond donors (Lipinski definition) is 0. The number of piperidine rings is 1. The van der Waals surface area contributed by atoms with Gasteiger partial charge in [0.15, 0.2) is 5.16 Å². The van der Waals surface area contributed by atoms with E-state index in [1.807, 2.05) is 0 Å². The fourth-order valence-corrected chi connectivity index (χ4v) is 3.75. The summed E-state index contributed by atoms with van der Waals surface area (Å²) < 4.78 is 7.00. The molecule has 7 heteroatoms. The van der Waals surface area contributed by atoms with Gasteiger partial charge in [0.25, 0.3) is 0 Å². The van der Waals surface area contributed by atoms with Crippen LogP contribution in [0.4, 0.5) is 5.95 Å². The van der Waals surface area contributed by atoms with Crippen molar-refractivity contribution in [1.82, 2.24) is 14.8 Å². The van der Waals surface area contributed by atoms with Crippen molar-refractivity contribution in [3.8, 4) is 0 Å². The van der Waals surface area contributed by atoms with Crippen LogP contribution in [0.3, 0.4) is 0 Å². The number of carbonyl (C=O) groups is 1. The second-order valence-corrected chi connectivity index (χ2v) is 7.02. The van der Waals surface area contributed by atoms with Crippen molar-refractivity contribution in [3.63, 3.8) is 0 Å². The van der Waals surface area contributed by atoms with Gasteiger partial charge in [-0.15, -0.1) is 10.2 Å². The summed E-state index contributed by atoms with van der Waals surface area (Å²) in [6.45, 7) is 2.19. The summed E-state index contributed by atoms with van der Waals surface area (Å²) in [7, 11) is 1.43. The molecule has 0 aromatic carbocycles. The van der Waals surface area contributed by atoms with Crippen LogP contribution in [0.2, 0.25) is 0 Å². The number of carbonyl (C=O) groups excluding carboxylic acids is 1. The minimum atomic E-state index is -0.140. The molecule has 1 aliphatic heterocycles. The van der Waals surface area contributed by atoms with E-state index < -0.39 is 0 Å². The predicted octanol–water partition coefficient (Wildman–Crippen LogP) is 2.65. The maximum Gasteiger partial charge on any atom is 0.305 e. The lowest BCUT2D eigenvalue weighted by Gasteiger charge is -2.27. The van der Waals surface area contributed by atoms with Crippen LogP contribution in [0.25, 0.3) is 0 Å². The molecule has 2 aliphatic rings. The van der Waals surface area contributed by atoms with Crippen molar-refractivity contribution in [2.45, 2.75) is 56.1 Å². The first-order valence-corrected chi connectivity index (χ1v) is 9.17. The molecule has 6 nitrogen and oxygen atoms in total. The Bertz CT molecular complexity index is 510. The van der Waals surface area contributed by atoms with Crippen LogP contribution in [-0.4, -0.2) is 46.7 Å². The van der Waals surface area contributed by atoms with E-state index in [9.17, 15) is 4.79 Å². The maximum atomic E-state index is 11.1. The van der Waals surface area contributed by atoms with Crippen LogP contribution in [-0.2, 0) is 9.53 Å². The van der Waals surface area contributed by atoms with Gasteiger partial charge >= 0.3 is 5.97 Å². The minimum absolute atomic E-state index is 0.140. The molecule has 0 radical (unpaired) electrons. The van der Waals surface area contributed by atoms with Gasteiger partial charge in [0.1, 0.15) is 0 Å². The number of ether oxygens (including phenoxy) is 1. The standard InChI is InChI=1S/C15H24N4O2S/c1-21-13(20)6-5-11-22-15-17-16-14(19(15)12-7-8-12)18-9-3-2-4-10-18/h12H,2-11H2,1H3. The molecular weight excluding hydrogens is 300 g/mol. The maximum absolute atomic E-state index is 11.1. The van der Waals surface area contributed by atoms with Gasteiger partial charge in [0.05, 0.1) is 7.11 Å².